The Bertz CT molecular complexity index is 154. The molecule has 0 aromatic carbocycles. The summed E-state index contributed by atoms with van der Waals surface area (Å²) in [7, 11) is 0. The number of allylic oxidation sites excluding steroid dienone is 1. The van der Waals surface area contributed by atoms with E-state index in [1.165, 1.54) is 0 Å². The Labute approximate surface area is 77.8 Å². The summed E-state index contributed by atoms with van der Waals surface area (Å²) in [5, 5.41) is 18.2. The Morgan fingerprint density at radius 1 is 1.31 bits per heavy atom. The fourth-order valence-electron chi connectivity index (χ4n) is 0.811. The first-order chi connectivity index (χ1) is 6.27. The lowest BCUT2D eigenvalue weighted by molar-refractivity contribution is -0.131. The minimum Gasteiger partial charge on any atom is -0.478 e. The smallest absolute Gasteiger partial charge is 0.327 e. The van der Waals surface area contributed by atoms with Gasteiger partial charge in [-0.15, -0.1) is 0 Å². The van der Waals surface area contributed by atoms with Crippen molar-refractivity contribution in [2.24, 2.45) is 0 Å². The topological polar surface area (TPSA) is 66.4 Å². The van der Waals surface area contributed by atoms with Crippen LogP contribution < -0.4 is 0 Å². The van der Waals surface area contributed by atoms with Gasteiger partial charge < -0.3 is 9.84 Å². The summed E-state index contributed by atoms with van der Waals surface area (Å²) in [4.78, 5) is 10.0. The van der Waals surface area contributed by atoms with Crippen molar-refractivity contribution >= 4 is 5.97 Å². The van der Waals surface area contributed by atoms with Crippen LogP contribution in [0.1, 0.15) is 19.3 Å². The Kier molecular flexibility index (Phi) is 8.60. The zero-order valence-electron chi connectivity index (χ0n) is 7.57. The second kappa shape index (κ2) is 9.22. The predicted molar refractivity (Wildman–Crippen MR) is 47.0 cm³/mol. The Balaban J connectivity index is 3.03. The van der Waals surface area contributed by atoms with Gasteiger partial charge >= 0.3 is 5.97 Å². The van der Waals surface area contributed by atoms with Gasteiger partial charge in [0.05, 0.1) is 6.61 Å². The number of carboxylic acid groups (broad SMARTS) is 1. The van der Waals surface area contributed by atoms with E-state index < -0.39 is 5.97 Å². The van der Waals surface area contributed by atoms with Crippen molar-refractivity contribution in [1.82, 2.24) is 0 Å². The zero-order chi connectivity index (χ0) is 9.94. The average Bonchev–Trinajstić information content (AvgIpc) is 2.09. The highest BCUT2D eigenvalue weighted by Crippen LogP contribution is 1.96. The summed E-state index contributed by atoms with van der Waals surface area (Å²) in [6.07, 6.45) is 5.26. The molecular weight excluding hydrogens is 172 g/mol. The first-order valence-corrected chi connectivity index (χ1v) is 4.32. The van der Waals surface area contributed by atoms with Gasteiger partial charge in [-0.3, -0.25) is 0 Å². The van der Waals surface area contributed by atoms with Crippen molar-refractivity contribution in [3.8, 4) is 0 Å². The predicted octanol–water partition coefficient (Wildman–Crippen LogP) is 1.24. The minimum absolute atomic E-state index is 0.196. The number of carbonyl (C=O) groups is 1. The maximum atomic E-state index is 10.0. The van der Waals surface area contributed by atoms with E-state index in [-0.39, 0.29) is 13.2 Å². The van der Waals surface area contributed by atoms with Crippen molar-refractivity contribution in [2.45, 2.75) is 19.3 Å². The van der Waals surface area contributed by atoms with Crippen LogP contribution in [0.4, 0.5) is 0 Å². The molecular formula is C9H15O4. The molecule has 0 aromatic heterocycles. The van der Waals surface area contributed by atoms with E-state index in [1.54, 1.807) is 6.08 Å². The van der Waals surface area contributed by atoms with Crippen LogP contribution in [0.2, 0.25) is 0 Å². The van der Waals surface area contributed by atoms with Gasteiger partial charge in [0.1, 0.15) is 6.61 Å². The van der Waals surface area contributed by atoms with E-state index >= 15 is 0 Å². The number of hydrogen-bond acceptors (Lipinski definition) is 2. The molecule has 0 aliphatic carbocycles. The second-order valence-electron chi connectivity index (χ2n) is 2.55. The summed E-state index contributed by atoms with van der Waals surface area (Å²) in [6, 6.07) is 0. The molecule has 0 saturated heterocycles. The normalized spacial score (nSPS) is 10.8. The Hall–Kier alpha value is -0.870. The van der Waals surface area contributed by atoms with Crippen LogP contribution in [0, 0.1) is 0 Å². The van der Waals surface area contributed by atoms with Crippen molar-refractivity contribution < 1.29 is 19.7 Å². The quantitative estimate of drug-likeness (QED) is 0.459. The summed E-state index contributed by atoms with van der Waals surface area (Å²) < 4.78 is 4.96. The number of hydrogen-bond donors (Lipinski definition) is 1. The van der Waals surface area contributed by atoms with Crippen molar-refractivity contribution in [3.63, 3.8) is 0 Å². The molecule has 0 atom stereocenters. The molecule has 13 heavy (non-hydrogen) atoms. The van der Waals surface area contributed by atoms with E-state index in [0.29, 0.717) is 6.61 Å². The van der Waals surface area contributed by atoms with Crippen LogP contribution in [0.25, 0.3) is 0 Å². The highest BCUT2D eigenvalue weighted by atomic mass is 16.5. The number of aliphatic carboxylic acids is 1. The lowest BCUT2D eigenvalue weighted by atomic mass is 10.2. The molecule has 1 N–H and O–H groups in total. The third-order valence-electron chi connectivity index (χ3n) is 1.40. The molecule has 0 aromatic rings. The minimum atomic E-state index is -0.914. The molecule has 1 radical (unpaired) electrons. The highest BCUT2D eigenvalue weighted by molar-refractivity contribution is 5.79. The molecule has 4 nitrogen and oxygen atoms in total. The van der Waals surface area contributed by atoms with E-state index in [9.17, 15) is 9.90 Å². The van der Waals surface area contributed by atoms with Crippen LogP contribution in [0.15, 0.2) is 12.2 Å². The van der Waals surface area contributed by atoms with Crippen molar-refractivity contribution in [3.05, 3.63) is 12.2 Å². The molecule has 0 fully saturated rings. The van der Waals surface area contributed by atoms with Crippen molar-refractivity contribution in [2.75, 3.05) is 19.8 Å². The highest BCUT2D eigenvalue weighted by Gasteiger charge is 1.89. The van der Waals surface area contributed by atoms with Crippen LogP contribution in [-0.4, -0.2) is 30.9 Å². The zero-order valence-corrected chi connectivity index (χ0v) is 7.57. The van der Waals surface area contributed by atoms with Gasteiger partial charge in [-0.2, -0.15) is 0 Å². The summed E-state index contributed by atoms with van der Waals surface area (Å²) in [5.74, 6) is -0.914. The SMILES string of the molecule is [O]CCOCCCCC=CC(=O)O. The van der Waals surface area contributed by atoms with E-state index in [4.69, 9.17) is 9.84 Å². The molecule has 0 aliphatic heterocycles. The van der Waals surface area contributed by atoms with Gasteiger partial charge in [-0.25, -0.2) is 9.90 Å². The largest absolute Gasteiger partial charge is 0.478 e. The fourth-order valence-corrected chi connectivity index (χ4v) is 0.811. The first kappa shape index (κ1) is 12.1. The number of unbranched alkanes of at least 4 members (excludes halogenated alkanes) is 2. The van der Waals surface area contributed by atoms with Gasteiger partial charge in [0, 0.05) is 12.7 Å². The van der Waals surface area contributed by atoms with E-state index in [0.717, 1.165) is 25.3 Å². The maximum Gasteiger partial charge on any atom is 0.327 e. The van der Waals surface area contributed by atoms with Gasteiger partial charge in [-0.1, -0.05) is 6.08 Å². The molecule has 0 aliphatic rings. The second-order valence-corrected chi connectivity index (χ2v) is 2.55. The molecule has 4 heteroatoms. The van der Waals surface area contributed by atoms with Crippen LogP contribution >= 0.6 is 0 Å². The summed E-state index contributed by atoms with van der Waals surface area (Å²) in [5.41, 5.74) is 0. The molecule has 0 rings (SSSR count). The van der Waals surface area contributed by atoms with Gasteiger partial charge in [0.2, 0.25) is 0 Å². The monoisotopic (exact) mass is 187 g/mol. The molecule has 0 spiro atoms. The number of ether oxygens (including phenoxy) is 1. The van der Waals surface area contributed by atoms with Crippen LogP contribution in [0.5, 0.6) is 0 Å². The summed E-state index contributed by atoms with van der Waals surface area (Å²) >= 11 is 0. The molecule has 0 heterocycles. The molecule has 75 valence electrons. The van der Waals surface area contributed by atoms with Crippen LogP contribution in [0.3, 0.4) is 0 Å². The number of rotatable bonds is 8. The fraction of sp³-hybridized carbons (Fsp3) is 0.667. The van der Waals surface area contributed by atoms with Gasteiger partial charge in [-0.05, 0) is 19.3 Å². The van der Waals surface area contributed by atoms with Gasteiger partial charge in [0.25, 0.3) is 0 Å². The lowest BCUT2D eigenvalue weighted by Gasteiger charge is -1.98. The third-order valence-corrected chi connectivity index (χ3v) is 1.40. The van der Waals surface area contributed by atoms with E-state index in [1.807, 2.05) is 0 Å². The van der Waals surface area contributed by atoms with E-state index in [2.05, 4.69) is 0 Å². The Morgan fingerprint density at radius 2 is 2.08 bits per heavy atom. The molecule has 0 amide bonds. The maximum absolute atomic E-state index is 10.0. The lowest BCUT2D eigenvalue weighted by Crippen LogP contribution is -1.99. The molecule has 0 unspecified atom stereocenters. The van der Waals surface area contributed by atoms with Crippen LogP contribution in [-0.2, 0) is 14.6 Å². The standard InChI is InChI=1S/C9H15O4/c10-6-8-13-7-4-2-1-3-5-9(11)12/h3,5H,1-2,4,6-8H2,(H,11,12). The average molecular weight is 187 g/mol. The molecule has 0 saturated carbocycles. The number of carboxylic acids is 1. The third kappa shape index (κ3) is 11.1. The Morgan fingerprint density at radius 3 is 2.69 bits per heavy atom. The molecule has 0 bridgehead atoms. The van der Waals surface area contributed by atoms with Gasteiger partial charge in [0.15, 0.2) is 0 Å². The summed E-state index contributed by atoms with van der Waals surface area (Å²) in [6.45, 7) is 0.660. The first-order valence-electron chi connectivity index (χ1n) is 4.32. The van der Waals surface area contributed by atoms with Crippen molar-refractivity contribution in [1.29, 1.82) is 0 Å².